The second-order valence-electron chi connectivity index (χ2n) is 4.35. The molecule has 1 amide bonds. The van der Waals surface area contributed by atoms with Crippen LogP contribution < -0.4 is 11.1 Å². The summed E-state index contributed by atoms with van der Waals surface area (Å²) in [6.45, 7) is 0. The number of alkyl halides is 3. The highest BCUT2D eigenvalue weighted by molar-refractivity contribution is 5.83. The lowest BCUT2D eigenvalue weighted by Crippen LogP contribution is -2.36. The lowest BCUT2D eigenvalue weighted by Gasteiger charge is -2.17. The molecule has 6 heteroatoms. The molecule has 0 spiro atoms. The van der Waals surface area contributed by atoms with E-state index in [0.29, 0.717) is 0 Å². The van der Waals surface area contributed by atoms with E-state index in [1.54, 1.807) is 0 Å². The highest BCUT2D eigenvalue weighted by Crippen LogP contribution is 2.34. The molecule has 0 saturated heterocycles. The summed E-state index contributed by atoms with van der Waals surface area (Å²) in [5.41, 5.74) is 4.55. The van der Waals surface area contributed by atoms with Crippen LogP contribution in [0.25, 0.3) is 0 Å². The molecule has 1 atom stereocenters. The number of halogens is 3. The number of amides is 1. The Labute approximate surface area is 102 Å². The van der Waals surface area contributed by atoms with Crippen molar-refractivity contribution in [1.29, 1.82) is 0 Å². The SMILES string of the molecule is NC(C(=O)NC1CC1)c1ccccc1C(F)(F)F. The van der Waals surface area contributed by atoms with E-state index in [1.807, 2.05) is 0 Å². The van der Waals surface area contributed by atoms with Crippen molar-refractivity contribution < 1.29 is 18.0 Å². The molecule has 1 aliphatic carbocycles. The van der Waals surface area contributed by atoms with Gasteiger partial charge >= 0.3 is 6.18 Å². The van der Waals surface area contributed by atoms with Gasteiger partial charge in [-0.05, 0) is 24.5 Å². The fourth-order valence-corrected chi connectivity index (χ4v) is 1.69. The molecule has 1 aromatic rings. The Morgan fingerprint density at radius 1 is 1.33 bits per heavy atom. The van der Waals surface area contributed by atoms with Crippen molar-refractivity contribution in [3.8, 4) is 0 Å². The molecule has 3 nitrogen and oxygen atoms in total. The van der Waals surface area contributed by atoms with Gasteiger partial charge < -0.3 is 11.1 Å². The molecule has 1 aliphatic rings. The van der Waals surface area contributed by atoms with Gasteiger partial charge in [0.1, 0.15) is 6.04 Å². The van der Waals surface area contributed by atoms with Gasteiger partial charge in [0.2, 0.25) is 5.91 Å². The molecule has 0 bridgehead atoms. The average molecular weight is 258 g/mol. The fraction of sp³-hybridized carbons (Fsp3) is 0.417. The third kappa shape index (κ3) is 2.81. The van der Waals surface area contributed by atoms with Crippen molar-refractivity contribution in [2.24, 2.45) is 5.73 Å². The van der Waals surface area contributed by atoms with Gasteiger partial charge in [0.05, 0.1) is 5.56 Å². The maximum atomic E-state index is 12.8. The van der Waals surface area contributed by atoms with Crippen LogP contribution in [0.5, 0.6) is 0 Å². The van der Waals surface area contributed by atoms with Crippen LogP contribution >= 0.6 is 0 Å². The minimum atomic E-state index is -4.51. The Hall–Kier alpha value is -1.56. The van der Waals surface area contributed by atoms with Crippen LogP contribution in [0.3, 0.4) is 0 Å². The lowest BCUT2D eigenvalue weighted by molar-refractivity contribution is -0.138. The number of carbonyl (C=O) groups excluding carboxylic acids is 1. The van der Waals surface area contributed by atoms with Gasteiger partial charge in [0.15, 0.2) is 0 Å². The highest BCUT2D eigenvalue weighted by atomic mass is 19.4. The van der Waals surface area contributed by atoms with E-state index in [0.717, 1.165) is 18.9 Å². The van der Waals surface area contributed by atoms with Crippen molar-refractivity contribution >= 4 is 5.91 Å². The monoisotopic (exact) mass is 258 g/mol. The Morgan fingerprint density at radius 2 is 1.94 bits per heavy atom. The molecule has 1 saturated carbocycles. The van der Waals surface area contributed by atoms with Crippen molar-refractivity contribution in [3.63, 3.8) is 0 Å². The third-order valence-corrected chi connectivity index (χ3v) is 2.81. The maximum Gasteiger partial charge on any atom is 0.416 e. The van der Waals surface area contributed by atoms with Gasteiger partial charge in [-0.25, -0.2) is 0 Å². The molecule has 98 valence electrons. The van der Waals surface area contributed by atoms with E-state index in [9.17, 15) is 18.0 Å². The Bertz CT molecular complexity index is 455. The lowest BCUT2D eigenvalue weighted by atomic mass is 10.00. The van der Waals surface area contributed by atoms with Crippen LogP contribution in [0, 0.1) is 0 Å². The van der Waals surface area contributed by atoms with Gasteiger partial charge in [0, 0.05) is 6.04 Å². The van der Waals surface area contributed by atoms with Crippen LogP contribution in [0.1, 0.15) is 30.0 Å². The van der Waals surface area contributed by atoms with E-state index in [-0.39, 0.29) is 11.6 Å². The molecule has 1 fully saturated rings. The quantitative estimate of drug-likeness (QED) is 0.871. The average Bonchev–Trinajstić information content (AvgIpc) is 3.11. The van der Waals surface area contributed by atoms with Crippen molar-refractivity contribution in [2.45, 2.75) is 31.1 Å². The van der Waals surface area contributed by atoms with E-state index in [2.05, 4.69) is 5.32 Å². The zero-order valence-electron chi connectivity index (χ0n) is 9.50. The number of hydrogen-bond donors (Lipinski definition) is 2. The van der Waals surface area contributed by atoms with E-state index in [1.165, 1.54) is 18.2 Å². The molecule has 0 radical (unpaired) electrons. The minimum absolute atomic E-state index is 0.0709. The second-order valence-corrected chi connectivity index (χ2v) is 4.35. The number of nitrogens with two attached hydrogens (primary N) is 1. The van der Waals surface area contributed by atoms with Crippen LogP contribution in [0.2, 0.25) is 0 Å². The first-order chi connectivity index (χ1) is 8.39. The Kier molecular flexibility index (Phi) is 3.30. The Balaban J connectivity index is 2.23. The summed E-state index contributed by atoms with van der Waals surface area (Å²) >= 11 is 0. The topological polar surface area (TPSA) is 55.1 Å². The van der Waals surface area contributed by atoms with Crippen LogP contribution in [-0.4, -0.2) is 11.9 Å². The van der Waals surface area contributed by atoms with Gasteiger partial charge in [0.25, 0.3) is 0 Å². The number of hydrogen-bond acceptors (Lipinski definition) is 2. The van der Waals surface area contributed by atoms with Crippen LogP contribution in [0.15, 0.2) is 24.3 Å². The summed E-state index contributed by atoms with van der Waals surface area (Å²) in [5, 5.41) is 2.60. The van der Waals surface area contributed by atoms with Crippen molar-refractivity contribution in [3.05, 3.63) is 35.4 Å². The fourth-order valence-electron chi connectivity index (χ4n) is 1.69. The zero-order chi connectivity index (χ0) is 13.3. The van der Waals surface area contributed by atoms with E-state index < -0.39 is 23.7 Å². The van der Waals surface area contributed by atoms with Gasteiger partial charge in [-0.2, -0.15) is 13.2 Å². The first-order valence-electron chi connectivity index (χ1n) is 5.61. The van der Waals surface area contributed by atoms with Gasteiger partial charge in [-0.3, -0.25) is 4.79 Å². The predicted molar refractivity (Wildman–Crippen MR) is 59.5 cm³/mol. The van der Waals surface area contributed by atoms with Crippen molar-refractivity contribution in [1.82, 2.24) is 5.32 Å². The van der Waals surface area contributed by atoms with Crippen LogP contribution in [0.4, 0.5) is 13.2 Å². The first-order valence-corrected chi connectivity index (χ1v) is 5.61. The summed E-state index contributed by atoms with van der Waals surface area (Å²) in [6, 6.07) is 3.66. The van der Waals surface area contributed by atoms with Crippen LogP contribution in [-0.2, 0) is 11.0 Å². The minimum Gasteiger partial charge on any atom is -0.352 e. The molecule has 3 N–H and O–H groups in total. The molecule has 1 aromatic carbocycles. The molecular weight excluding hydrogens is 245 g/mol. The van der Waals surface area contributed by atoms with E-state index >= 15 is 0 Å². The summed E-state index contributed by atoms with van der Waals surface area (Å²) in [4.78, 5) is 11.7. The zero-order valence-corrected chi connectivity index (χ0v) is 9.50. The van der Waals surface area contributed by atoms with Gasteiger partial charge in [-0.1, -0.05) is 18.2 Å². The molecular formula is C12H13F3N2O. The van der Waals surface area contributed by atoms with Gasteiger partial charge in [-0.15, -0.1) is 0 Å². The summed E-state index contributed by atoms with van der Waals surface area (Å²) in [5.74, 6) is -0.561. The normalized spacial score (nSPS) is 17.3. The number of carbonyl (C=O) groups is 1. The third-order valence-electron chi connectivity index (χ3n) is 2.81. The molecule has 1 unspecified atom stereocenters. The van der Waals surface area contributed by atoms with E-state index in [4.69, 9.17) is 5.73 Å². The molecule has 2 rings (SSSR count). The number of benzene rings is 1. The number of nitrogens with one attached hydrogen (secondary N) is 1. The molecule has 0 aliphatic heterocycles. The maximum absolute atomic E-state index is 12.8. The standard InChI is InChI=1S/C12H13F3N2O/c13-12(14,15)9-4-2-1-3-8(9)10(16)11(18)17-7-5-6-7/h1-4,7,10H,5-6,16H2,(H,17,18). The molecule has 0 heterocycles. The first kappa shape index (κ1) is 12.9. The highest BCUT2D eigenvalue weighted by Gasteiger charge is 2.36. The predicted octanol–water partition coefficient (Wildman–Crippen LogP) is 1.98. The largest absolute Gasteiger partial charge is 0.416 e. The molecule has 18 heavy (non-hydrogen) atoms. The smallest absolute Gasteiger partial charge is 0.352 e. The Morgan fingerprint density at radius 3 is 2.50 bits per heavy atom. The summed E-state index contributed by atoms with van der Waals surface area (Å²) in [7, 11) is 0. The summed E-state index contributed by atoms with van der Waals surface area (Å²) < 4.78 is 38.3. The summed E-state index contributed by atoms with van der Waals surface area (Å²) in [6.07, 6.45) is -2.78. The second kappa shape index (κ2) is 4.61. The number of rotatable bonds is 3. The molecule has 0 aromatic heterocycles. The van der Waals surface area contributed by atoms with Crippen molar-refractivity contribution in [2.75, 3.05) is 0 Å².